The molecule has 45 heavy (non-hydrogen) atoms. The Morgan fingerprint density at radius 2 is 1.73 bits per heavy atom. The maximum absolute atomic E-state index is 13.1. The third-order valence-electron chi connectivity index (χ3n) is 7.70. The number of carbonyl (C=O) groups is 3. The van der Waals surface area contributed by atoms with Crippen molar-refractivity contribution in [3.05, 3.63) is 41.0 Å². The summed E-state index contributed by atoms with van der Waals surface area (Å²) in [7, 11) is 5.60. The van der Waals surface area contributed by atoms with E-state index in [1.165, 1.54) is 30.7 Å². The maximum Gasteiger partial charge on any atom is 0.369 e. The molecule has 0 atom stereocenters. The molecule has 7 N–H and O–H groups in total. The Balaban J connectivity index is 1.38. The number of thiazole rings is 1. The molecule has 2 aliphatic carbocycles. The van der Waals surface area contributed by atoms with Crippen molar-refractivity contribution in [1.29, 1.82) is 0 Å². The van der Waals surface area contributed by atoms with Crippen LogP contribution in [0.15, 0.2) is 30.5 Å². The number of carbonyl (C=O) groups excluding carboxylic acids is 3. The molecule has 2 aliphatic rings. The van der Waals surface area contributed by atoms with Crippen molar-refractivity contribution in [3.63, 3.8) is 0 Å². The highest BCUT2D eigenvalue weighted by atomic mass is 32.1. The van der Waals surface area contributed by atoms with Gasteiger partial charge in [0.25, 0.3) is 11.8 Å². The first-order valence-electron chi connectivity index (χ1n) is 14.5. The monoisotopic (exact) mass is 640 g/mol. The molecule has 2 saturated carbocycles. The summed E-state index contributed by atoms with van der Waals surface area (Å²) in [5.74, 6) is -1.34. The van der Waals surface area contributed by atoms with Crippen molar-refractivity contribution < 1.29 is 34.4 Å². The number of benzene rings is 1. The molecule has 0 saturated heterocycles. The molecule has 0 unspecified atom stereocenters. The van der Waals surface area contributed by atoms with Crippen LogP contribution in [-0.2, 0) is 4.79 Å². The zero-order valence-electron chi connectivity index (χ0n) is 25.0. The summed E-state index contributed by atoms with van der Waals surface area (Å²) in [4.78, 5) is 45.2. The molecule has 240 valence electrons. The zero-order chi connectivity index (χ0) is 32.3. The van der Waals surface area contributed by atoms with Gasteiger partial charge in [0.15, 0.2) is 17.3 Å². The first-order chi connectivity index (χ1) is 21.4. The first-order valence-corrected chi connectivity index (χ1v) is 15.3. The lowest BCUT2D eigenvalue weighted by Gasteiger charge is -2.32. The molecule has 15 nitrogen and oxygen atoms in total. The Bertz CT molecular complexity index is 1560. The van der Waals surface area contributed by atoms with Gasteiger partial charge in [0.05, 0.1) is 30.2 Å². The van der Waals surface area contributed by atoms with Crippen molar-refractivity contribution in [1.82, 2.24) is 30.7 Å². The van der Waals surface area contributed by atoms with E-state index in [2.05, 4.69) is 50.1 Å². The number of nitrogens with zero attached hydrogens (tertiary/aromatic N) is 4. The van der Waals surface area contributed by atoms with Crippen molar-refractivity contribution in [2.45, 2.75) is 56.7 Å². The van der Waals surface area contributed by atoms with E-state index in [1.54, 1.807) is 23.5 Å². The average molecular weight is 641 g/mol. The van der Waals surface area contributed by atoms with E-state index in [0.717, 1.165) is 38.5 Å². The fraction of sp³-hybridized carbons (Fsp3) is 0.448. The van der Waals surface area contributed by atoms with Crippen LogP contribution in [0.1, 0.15) is 58.7 Å². The second kappa shape index (κ2) is 13.4. The number of ether oxygens (including phenoxy) is 1. The van der Waals surface area contributed by atoms with Gasteiger partial charge in [0, 0.05) is 24.1 Å². The van der Waals surface area contributed by atoms with Gasteiger partial charge in [-0.05, 0) is 64.8 Å². The van der Waals surface area contributed by atoms with E-state index in [4.69, 9.17) is 4.74 Å². The van der Waals surface area contributed by atoms with Gasteiger partial charge in [-0.25, -0.2) is 4.98 Å². The predicted molar refractivity (Wildman–Crippen MR) is 165 cm³/mol. The predicted octanol–water partition coefficient (Wildman–Crippen LogP) is 1.62. The van der Waals surface area contributed by atoms with Crippen molar-refractivity contribution in [2.24, 2.45) is 5.92 Å². The Morgan fingerprint density at radius 3 is 2.38 bits per heavy atom. The third kappa shape index (κ3) is 8.09. The Hall–Kier alpha value is -4.22. The summed E-state index contributed by atoms with van der Waals surface area (Å²) in [6.07, 6.45) is 3.41. The lowest BCUT2D eigenvalue weighted by atomic mass is 9.90. The van der Waals surface area contributed by atoms with Crippen molar-refractivity contribution >= 4 is 46.3 Å². The minimum atomic E-state index is -3.51. The van der Waals surface area contributed by atoms with Crippen molar-refractivity contribution in [3.8, 4) is 16.3 Å². The summed E-state index contributed by atoms with van der Waals surface area (Å²) in [5, 5.41) is 46.4. The summed E-state index contributed by atoms with van der Waals surface area (Å²) < 4.78 is 5.71. The SMILES string of the molecule is COc1c(Nc2cc(NC(=O)C3CC3)nnc2C(=O)NC(O)(O)O)cccc1-c1ncc(C(=O)NC2CCC(N(C)C)CC2)s1. The Morgan fingerprint density at radius 1 is 1.00 bits per heavy atom. The molecule has 0 aliphatic heterocycles. The molecule has 5 rings (SSSR count). The Labute approximate surface area is 263 Å². The first kappa shape index (κ1) is 32.2. The van der Waals surface area contributed by atoms with Crippen LogP contribution in [0, 0.1) is 5.92 Å². The van der Waals surface area contributed by atoms with E-state index in [9.17, 15) is 29.7 Å². The minimum Gasteiger partial charge on any atom is -0.494 e. The highest BCUT2D eigenvalue weighted by Crippen LogP contribution is 2.40. The van der Waals surface area contributed by atoms with Crippen LogP contribution in [-0.4, -0.2) is 92.5 Å². The van der Waals surface area contributed by atoms with Crippen LogP contribution in [0.5, 0.6) is 5.75 Å². The molecule has 2 heterocycles. The van der Waals surface area contributed by atoms with Crippen LogP contribution >= 0.6 is 11.3 Å². The molecule has 16 heteroatoms. The summed E-state index contributed by atoms with van der Waals surface area (Å²) >= 11 is 1.21. The number of anilines is 3. The van der Waals surface area contributed by atoms with Crippen LogP contribution in [0.4, 0.5) is 17.2 Å². The van der Waals surface area contributed by atoms with Gasteiger partial charge < -0.3 is 40.9 Å². The van der Waals surface area contributed by atoms with Gasteiger partial charge in [0.1, 0.15) is 9.88 Å². The van der Waals surface area contributed by atoms with Crippen LogP contribution in [0.2, 0.25) is 0 Å². The molecule has 2 aromatic heterocycles. The van der Waals surface area contributed by atoms with Crippen LogP contribution in [0.3, 0.4) is 0 Å². The molecular formula is C29H36N8O7S. The van der Waals surface area contributed by atoms with E-state index >= 15 is 0 Å². The molecule has 0 radical (unpaired) electrons. The molecule has 0 spiro atoms. The Kier molecular flexibility index (Phi) is 9.59. The molecular weight excluding hydrogens is 604 g/mol. The van der Waals surface area contributed by atoms with Gasteiger partial charge >= 0.3 is 6.10 Å². The van der Waals surface area contributed by atoms with Crippen LogP contribution in [0.25, 0.3) is 10.6 Å². The fourth-order valence-electron chi connectivity index (χ4n) is 5.17. The zero-order valence-corrected chi connectivity index (χ0v) is 25.8. The number of hydrogen-bond acceptors (Lipinski definition) is 13. The number of nitrogens with one attached hydrogen (secondary N) is 4. The number of para-hydroxylation sites is 1. The van der Waals surface area contributed by atoms with Gasteiger partial charge in [-0.15, -0.1) is 21.5 Å². The highest BCUT2D eigenvalue weighted by molar-refractivity contribution is 7.17. The van der Waals surface area contributed by atoms with Gasteiger partial charge in [-0.1, -0.05) is 6.07 Å². The summed E-state index contributed by atoms with van der Waals surface area (Å²) in [6, 6.07) is 7.12. The summed E-state index contributed by atoms with van der Waals surface area (Å²) in [5.41, 5.74) is 0.518. The maximum atomic E-state index is 13.1. The fourth-order valence-corrected chi connectivity index (χ4v) is 6.01. The topological polar surface area (TPSA) is 211 Å². The number of amides is 3. The number of aliphatic hydroxyl groups is 3. The average Bonchev–Trinajstić information content (AvgIpc) is 3.73. The lowest BCUT2D eigenvalue weighted by Crippen LogP contribution is -2.48. The highest BCUT2D eigenvalue weighted by Gasteiger charge is 2.31. The summed E-state index contributed by atoms with van der Waals surface area (Å²) in [6.45, 7) is 0. The van der Waals surface area contributed by atoms with Crippen LogP contribution < -0.4 is 26.0 Å². The second-order valence-corrected chi connectivity index (χ2v) is 12.4. The number of aromatic nitrogens is 3. The van der Waals surface area contributed by atoms with E-state index < -0.39 is 17.7 Å². The molecule has 0 bridgehead atoms. The van der Waals surface area contributed by atoms with E-state index in [-0.39, 0.29) is 35.3 Å². The second-order valence-electron chi connectivity index (χ2n) is 11.3. The van der Waals surface area contributed by atoms with E-state index in [1.807, 2.05) is 0 Å². The third-order valence-corrected chi connectivity index (χ3v) is 8.73. The minimum absolute atomic E-state index is 0.0106. The molecule has 3 amide bonds. The quantitative estimate of drug-likeness (QED) is 0.149. The van der Waals surface area contributed by atoms with Gasteiger partial charge in [0.2, 0.25) is 5.91 Å². The smallest absolute Gasteiger partial charge is 0.369 e. The number of rotatable bonds is 11. The number of hydrogen-bond donors (Lipinski definition) is 7. The normalized spacial score (nSPS) is 18.3. The number of methoxy groups -OCH3 is 1. The molecule has 1 aromatic carbocycles. The molecule has 3 aromatic rings. The van der Waals surface area contributed by atoms with Gasteiger partial charge in [-0.3, -0.25) is 19.7 Å². The van der Waals surface area contributed by atoms with E-state index in [0.29, 0.717) is 32.9 Å². The van der Waals surface area contributed by atoms with Crippen molar-refractivity contribution in [2.75, 3.05) is 31.8 Å². The lowest BCUT2D eigenvalue weighted by molar-refractivity contribution is -0.323. The standard InChI is InChI=1S/C29H36N8O7S/c1-37(2)17-11-9-16(10-12-17)31-26(39)21-14-30-28(45-21)18-5-4-6-19(24(18)44-3)32-20-13-22(33-25(38)15-7-8-15)35-36-23(20)27(40)34-29(41,42)43/h4-6,13-17,41-43H,7-12H2,1-3H3,(H,31,39)(H,34,40)(H2,32,33,35,38). The van der Waals surface area contributed by atoms with Gasteiger partial charge in [-0.2, -0.15) is 0 Å². The largest absolute Gasteiger partial charge is 0.494 e. The molecule has 2 fully saturated rings.